The molecule has 0 aliphatic carbocycles. The molecule has 148 valence electrons. The second-order valence-corrected chi connectivity index (χ2v) is 6.42. The Labute approximate surface area is 156 Å². The number of benzene rings is 1. The van der Waals surface area contributed by atoms with E-state index in [0.717, 1.165) is 10.7 Å². The first kappa shape index (κ1) is 19.7. The molecule has 28 heavy (non-hydrogen) atoms. The van der Waals surface area contributed by atoms with E-state index in [1.165, 1.54) is 18.6 Å². The van der Waals surface area contributed by atoms with Crippen molar-refractivity contribution >= 4 is 0 Å². The van der Waals surface area contributed by atoms with Crippen LogP contribution < -0.4 is 4.74 Å². The lowest BCUT2D eigenvalue weighted by Crippen LogP contribution is -2.16. The van der Waals surface area contributed by atoms with Crippen LogP contribution in [0.2, 0.25) is 0 Å². The summed E-state index contributed by atoms with van der Waals surface area (Å²) in [5, 5.41) is 17.4. The van der Waals surface area contributed by atoms with Gasteiger partial charge in [-0.1, -0.05) is 5.21 Å². The predicted molar refractivity (Wildman–Crippen MR) is 87.9 cm³/mol. The summed E-state index contributed by atoms with van der Waals surface area (Å²) in [5.41, 5.74) is -1.68. The first-order valence-corrected chi connectivity index (χ1v) is 8.00. The highest BCUT2D eigenvalue weighted by Gasteiger charge is 2.34. The Kier molecular flexibility index (Phi) is 5.02. The van der Waals surface area contributed by atoms with Crippen molar-refractivity contribution in [2.45, 2.75) is 32.2 Å². The maximum Gasteiger partial charge on any atom is 0.419 e. The summed E-state index contributed by atoms with van der Waals surface area (Å²) in [7, 11) is 0. The number of halogens is 4. The third-order valence-electron chi connectivity index (χ3n) is 3.74. The molecule has 0 radical (unpaired) electrons. The minimum Gasteiger partial charge on any atom is -0.457 e. The molecule has 0 aliphatic rings. The van der Waals surface area contributed by atoms with Gasteiger partial charge in [0.1, 0.15) is 18.1 Å². The average Bonchev–Trinajstić information content (AvgIpc) is 3.08. The van der Waals surface area contributed by atoms with Crippen LogP contribution in [-0.2, 0) is 18.4 Å². The molecular weight excluding hydrogens is 382 g/mol. The van der Waals surface area contributed by atoms with Crippen LogP contribution in [0, 0.1) is 5.82 Å². The van der Waals surface area contributed by atoms with E-state index in [4.69, 9.17) is 4.74 Å². The molecule has 0 atom stereocenters. The van der Waals surface area contributed by atoms with Crippen molar-refractivity contribution < 1.29 is 27.4 Å². The van der Waals surface area contributed by atoms with Crippen molar-refractivity contribution in [3.63, 3.8) is 0 Å². The van der Waals surface area contributed by atoms with Crippen LogP contribution in [0.5, 0.6) is 6.01 Å². The van der Waals surface area contributed by atoms with E-state index in [2.05, 4.69) is 20.3 Å². The lowest BCUT2D eigenvalue weighted by atomic mass is 10.0. The topological polar surface area (TPSA) is 86.0 Å². The zero-order valence-electron chi connectivity index (χ0n) is 14.8. The van der Waals surface area contributed by atoms with Gasteiger partial charge < -0.3 is 9.84 Å². The molecule has 3 aromatic rings. The number of alkyl halides is 3. The molecule has 0 saturated carbocycles. The summed E-state index contributed by atoms with van der Waals surface area (Å²) < 4.78 is 58.3. The molecule has 3 rings (SSSR count). The van der Waals surface area contributed by atoms with Gasteiger partial charge in [0.15, 0.2) is 0 Å². The van der Waals surface area contributed by atoms with Gasteiger partial charge in [-0.2, -0.15) is 13.2 Å². The monoisotopic (exact) mass is 397 g/mol. The Bertz CT molecular complexity index is 965. The number of ether oxygens (including phenoxy) is 1. The average molecular weight is 397 g/mol. The molecule has 0 spiro atoms. The Morgan fingerprint density at radius 3 is 2.43 bits per heavy atom. The number of hydrogen-bond donors (Lipinski definition) is 1. The SMILES string of the molecule is CC(C)(O)c1cnc(OCc2cn(-c3ccc(F)c(C(F)(F)F)c3)nn2)nc1. The van der Waals surface area contributed by atoms with E-state index >= 15 is 0 Å². The highest BCUT2D eigenvalue weighted by molar-refractivity contribution is 5.37. The number of rotatable bonds is 5. The molecule has 0 fully saturated rings. The van der Waals surface area contributed by atoms with Crippen molar-refractivity contribution in [2.24, 2.45) is 0 Å². The van der Waals surface area contributed by atoms with Crippen LogP contribution in [0.3, 0.4) is 0 Å². The van der Waals surface area contributed by atoms with Crippen molar-refractivity contribution in [1.29, 1.82) is 0 Å². The molecule has 2 aromatic heterocycles. The van der Waals surface area contributed by atoms with Gasteiger partial charge in [-0.15, -0.1) is 5.10 Å². The summed E-state index contributed by atoms with van der Waals surface area (Å²) in [6, 6.07) is 2.55. The van der Waals surface area contributed by atoms with Crippen LogP contribution in [0.25, 0.3) is 5.69 Å². The van der Waals surface area contributed by atoms with E-state index in [0.29, 0.717) is 23.4 Å². The van der Waals surface area contributed by atoms with Gasteiger partial charge in [0, 0.05) is 18.0 Å². The smallest absolute Gasteiger partial charge is 0.419 e. The Hall–Kier alpha value is -3.08. The van der Waals surface area contributed by atoms with Gasteiger partial charge in [-0.05, 0) is 32.0 Å². The van der Waals surface area contributed by atoms with Crippen LogP contribution in [0.15, 0.2) is 36.8 Å². The number of hydrogen-bond acceptors (Lipinski definition) is 6. The third-order valence-corrected chi connectivity index (χ3v) is 3.74. The maximum absolute atomic E-state index is 13.4. The van der Waals surface area contributed by atoms with Gasteiger partial charge in [0.05, 0.1) is 23.0 Å². The molecule has 0 amide bonds. The first-order valence-electron chi connectivity index (χ1n) is 8.00. The fourth-order valence-corrected chi connectivity index (χ4v) is 2.21. The molecule has 1 aromatic carbocycles. The minimum atomic E-state index is -4.82. The van der Waals surface area contributed by atoms with E-state index in [-0.39, 0.29) is 18.3 Å². The molecule has 7 nitrogen and oxygen atoms in total. The highest BCUT2D eigenvalue weighted by Crippen LogP contribution is 2.32. The quantitative estimate of drug-likeness (QED) is 0.666. The zero-order chi connectivity index (χ0) is 20.5. The van der Waals surface area contributed by atoms with E-state index in [1.54, 1.807) is 13.8 Å². The summed E-state index contributed by atoms with van der Waals surface area (Å²) >= 11 is 0. The van der Waals surface area contributed by atoms with Crippen LogP contribution in [0.4, 0.5) is 17.6 Å². The zero-order valence-corrected chi connectivity index (χ0v) is 14.8. The summed E-state index contributed by atoms with van der Waals surface area (Å²) in [6.07, 6.45) is -0.648. The Morgan fingerprint density at radius 1 is 1.14 bits per heavy atom. The summed E-state index contributed by atoms with van der Waals surface area (Å²) in [4.78, 5) is 7.92. The lowest BCUT2D eigenvalue weighted by molar-refractivity contribution is -0.140. The second-order valence-electron chi connectivity index (χ2n) is 6.42. The van der Waals surface area contributed by atoms with E-state index in [9.17, 15) is 22.7 Å². The molecule has 0 bridgehead atoms. The molecule has 0 aliphatic heterocycles. The normalized spacial score (nSPS) is 12.2. The van der Waals surface area contributed by atoms with Crippen molar-refractivity contribution in [1.82, 2.24) is 25.0 Å². The van der Waals surface area contributed by atoms with Gasteiger partial charge >= 0.3 is 12.2 Å². The predicted octanol–water partition coefficient (Wildman–Crippen LogP) is 3.02. The van der Waals surface area contributed by atoms with Crippen LogP contribution >= 0.6 is 0 Å². The standard InChI is InChI=1S/C17H15F4N5O2/c1-16(2,27)10-6-22-15(23-7-10)28-9-11-8-26(25-24-11)12-3-4-14(18)13(5-12)17(19,20)21/h3-8,27H,9H2,1-2H3. The maximum atomic E-state index is 13.4. The molecule has 11 heteroatoms. The van der Waals surface area contributed by atoms with Crippen LogP contribution in [-0.4, -0.2) is 30.1 Å². The molecule has 0 unspecified atom stereocenters. The van der Waals surface area contributed by atoms with E-state index < -0.39 is 23.2 Å². The van der Waals surface area contributed by atoms with Gasteiger partial charge in [0.25, 0.3) is 0 Å². The number of aliphatic hydroxyl groups is 1. The lowest BCUT2D eigenvalue weighted by Gasteiger charge is -2.16. The van der Waals surface area contributed by atoms with Gasteiger partial charge in [0.2, 0.25) is 0 Å². The molecule has 0 saturated heterocycles. The number of nitrogens with zero attached hydrogens (tertiary/aromatic N) is 5. The first-order chi connectivity index (χ1) is 13.0. The fraction of sp³-hybridized carbons (Fsp3) is 0.294. The fourth-order valence-electron chi connectivity index (χ4n) is 2.21. The second kappa shape index (κ2) is 7.15. The Balaban J connectivity index is 1.71. The molecule has 2 heterocycles. The van der Waals surface area contributed by atoms with Crippen molar-refractivity contribution in [3.05, 3.63) is 59.4 Å². The van der Waals surface area contributed by atoms with Crippen LogP contribution in [0.1, 0.15) is 30.7 Å². The van der Waals surface area contributed by atoms with E-state index in [1.807, 2.05) is 0 Å². The Morgan fingerprint density at radius 2 is 1.82 bits per heavy atom. The molecular formula is C17H15F4N5O2. The highest BCUT2D eigenvalue weighted by atomic mass is 19.4. The summed E-state index contributed by atoms with van der Waals surface area (Å²) in [5.74, 6) is -1.37. The van der Waals surface area contributed by atoms with Crippen molar-refractivity contribution in [3.8, 4) is 11.7 Å². The van der Waals surface area contributed by atoms with Gasteiger partial charge in [-0.25, -0.2) is 19.0 Å². The van der Waals surface area contributed by atoms with Gasteiger partial charge in [-0.3, -0.25) is 0 Å². The minimum absolute atomic E-state index is 0.00162. The third kappa shape index (κ3) is 4.42. The molecule has 1 N–H and O–H groups in total. The largest absolute Gasteiger partial charge is 0.457 e. The number of aromatic nitrogens is 5. The van der Waals surface area contributed by atoms with Crippen molar-refractivity contribution in [2.75, 3.05) is 0 Å². The summed E-state index contributed by atoms with van der Waals surface area (Å²) in [6.45, 7) is 3.09.